The van der Waals surface area contributed by atoms with Crippen LogP contribution in [-0.2, 0) is 6.42 Å². The number of hydrogen-bond acceptors (Lipinski definition) is 3. The van der Waals surface area contributed by atoms with Crippen LogP contribution < -0.4 is 0 Å². The van der Waals surface area contributed by atoms with Gasteiger partial charge >= 0.3 is 0 Å². The van der Waals surface area contributed by atoms with E-state index in [9.17, 15) is 4.39 Å². The van der Waals surface area contributed by atoms with E-state index in [1.165, 1.54) is 23.7 Å². The van der Waals surface area contributed by atoms with Gasteiger partial charge in [0.25, 0.3) is 0 Å². The quantitative estimate of drug-likeness (QED) is 0.682. The summed E-state index contributed by atoms with van der Waals surface area (Å²) in [6.45, 7) is 0. The molecule has 0 spiro atoms. The summed E-state index contributed by atoms with van der Waals surface area (Å²) in [5.74, 6) is 0.512. The summed E-state index contributed by atoms with van der Waals surface area (Å²) in [6.07, 6.45) is 0.639. The van der Waals surface area contributed by atoms with Crippen molar-refractivity contribution in [2.75, 3.05) is 0 Å². The maximum absolute atomic E-state index is 12.5. The molecular weight excluding hydrogens is 187 g/mol. The molecule has 13 heavy (non-hydrogen) atoms. The number of hydrogen-bond donors (Lipinski definition) is 0. The highest BCUT2D eigenvalue weighted by atomic mass is 32.1. The summed E-state index contributed by atoms with van der Waals surface area (Å²) < 4.78 is 16.5. The van der Waals surface area contributed by atoms with Gasteiger partial charge in [0.2, 0.25) is 0 Å². The number of benzene rings is 1. The van der Waals surface area contributed by atoms with E-state index in [0.29, 0.717) is 6.42 Å². The van der Waals surface area contributed by atoms with Crippen LogP contribution in [0.4, 0.5) is 4.39 Å². The van der Waals surface area contributed by atoms with Crippen molar-refractivity contribution in [3.8, 4) is 0 Å². The Balaban J connectivity index is 2.15. The van der Waals surface area contributed by atoms with Gasteiger partial charge in [-0.1, -0.05) is 23.2 Å². The predicted octanol–water partition coefficient (Wildman–Crippen LogP) is 2.07. The van der Waals surface area contributed by atoms with Crippen LogP contribution in [0.2, 0.25) is 0 Å². The van der Waals surface area contributed by atoms with Gasteiger partial charge in [0.05, 0.1) is 0 Å². The molecule has 0 aliphatic rings. The lowest BCUT2D eigenvalue weighted by Crippen LogP contribution is -1.90. The molecule has 0 amide bonds. The summed E-state index contributed by atoms with van der Waals surface area (Å²) >= 11 is 1.20. The first-order chi connectivity index (χ1) is 6.34. The van der Waals surface area contributed by atoms with Gasteiger partial charge < -0.3 is 4.98 Å². The molecule has 0 radical (unpaired) electrons. The highest BCUT2D eigenvalue weighted by molar-refractivity contribution is 7.02. The third kappa shape index (κ3) is 2.09. The maximum atomic E-state index is 12.5. The first-order valence-corrected chi connectivity index (χ1v) is 4.55. The molecule has 0 saturated heterocycles. The minimum absolute atomic E-state index is 0.221. The smallest absolute Gasteiger partial charge is 0.123 e. The average Bonchev–Trinajstić information content (AvgIpc) is 2.62. The van der Waals surface area contributed by atoms with E-state index in [-0.39, 0.29) is 5.82 Å². The van der Waals surface area contributed by atoms with Crippen molar-refractivity contribution < 1.29 is 4.39 Å². The molecule has 0 N–H and O–H groups in total. The van der Waals surface area contributed by atoms with Crippen LogP contribution in [0, 0.1) is 11.3 Å². The molecule has 2 nitrogen and oxygen atoms in total. The highest BCUT2D eigenvalue weighted by Gasteiger charge is 1.93. The van der Waals surface area contributed by atoms with Crippen LogP contribution in [0.5, 0.6) is 0 Å². The molecule has 2 rings (SSSR count). The van der Waals surface area contributed by atoms with E-state index >= 15 is 0 Å². The van der Waals surface area contributed by atoms with E-state index in [1.807, 2.05) is 0 Å². The van der Waals surface area contributed by atoms with E-state index in [1.54, 1.807) is 12.1 Å². The van der Waals surface area contributed by atoms with Crippen molar-refractivity contribution >= 4 is 11.5 Å². The zero-order chi connectivity index (χ0) is 9.10. The summed E-state index contributed by atoms with van der Waals surface area (Å²) in [7, 11) is 0. The summed E-state index contributed by atoms with van der Waals surface area (Å²) in [5.41, 5.74) is 3.68. The topological polar surface area (TPSA) is 25.8 Å². The Hall–Kier alpha value is -1.29. The van der Waals surface area contributed by atoms with E-state index < -0.39 is 0 Å². The van der Waals surface area contributed by atoms with Crippen molar-refractivity contribution in [1.82, 2.24) is 9.36 Å². The Morgan fingerprint density at radius 3 is 2.69 bits per heavy atom. The molecular formula is C9H6FN2S-. The molecule has 1 aromatic heterocycles. The zero-order valence-corrected chi connectivity index (χ0v) is 7.51. The van der Waals surface area contributed by atoms with Crippen LogP contribution in [0.3, 0.4) is 0 Å². The third-order valence-corrected chi connectivity index (χ3v) is 2.12. The molecule has 0 aliphatic heterocycles. The van der Waals surface area contributed by atoms with E-state index in [0.717, 1.165) is 11.4 Å². The van der Waals surface area contributed by atoms with Crippen molar-refractivity contribution in [2.45, 2.75) is 6.42 Å². The van der Waals surface area contributed by atoms with Crippen LogP contribution >= 0.6 is 11.5 Å². The Bertz CT molecular complexity index is 369. The van der Waals surface area contributed by atoms with Crippen molar-refractivity contribution in [3.05, 3.63) is 47.0 Å². The predicted molar refractivity (Wildman–Crippen MR) is 48.0 cm³/mol. The first-order valence-electron chi connectivity index (χ1n) is 3.77. The van der Waals surface area contributed by atoms with Crippen molar-refractivity contribution in [2.24, 2.45) is 0 Å². The molecule has 0 unspecified atom stereocenters. The molecule has 1 aromatic carbocycles. The minimum Gasteiger partial charge on any atom is -0.426 e. The maximum Gasteiger partial charge on any atom is 0.123 e. The third-order valence-electron chi connectivity index (χ3n) is 1.64. The summed E-state index contributed by atoms with van der Waals surface area (Å²) in [6, 6.07) is 6.34. The first kappa shape index (κ1) is 8.31. The fourth-order valence-electron chi connectivity index (χ4n) is 1.02. The number of rotatable bonds is 2. The van der Waals surface area contributed by atoms with Gasteiger partial charge in [-0.15, -0.1) is 0 Å². The van der Waals surface area contributed by atoms with Gasteiger partial charge in [0, 0.05) is 0 Å². The molecule has 0 atom stereocenters. The van der Waals surface area contributed by atoms with Crippen molar-refractivity contribution in [3.63, 3.8) is 0 Å². The number of aromatic nitrogens is 2. The second-order valence-corrected chi connectivity index (χ2v) is 3.15. The van der Waals surface area contributed by atoms with E-state index in [2.05, 4.69) is 14.9 Å². The van der Waals surface area contributed by atoms with Crippen LogP contribution in [-0.4, -0.2) is 9.36 Å². The second-order valence-electron chi connectivity index (χ2n) is 2.61. The molecule has 1 heterocycles. The monoisotopic (exact) mass is 193 g/mol. The molecule has 2 aromatic rings. The zero-order valence-electron chi connectivity index (χ0n) is 6.70. The van der Waals surface area contributed by atoms with Gasteiger partial charge in [0.15, 0.2) is 0 Å². The fourth-order valence-corrected chi connectivity index (χ4v) is 1.42. The van der Waals surface area contributed by atoms with Crippen LogP contribution in [0.1, 0.15) is 11.4 Å². The molecule has 0 aliphatic carbocycles. The van der Waals surface area contributed by atoms with Gasteiger partial charge in [-0.2, -0.15) is 11.5 Å². The van der Waals surface area contributed by atoms with E-state index in [4.69, 9.17) is 0 Å². The Morgan fingerprint density at radius 2 is 2.08 bits per heavy atom. The lowest BCUT2D eigenvalue weighted by Gasteiger charge is -2.01. The molecule has 0 saturated carbocycles. The van der Waals surface area contributed by atoms with Gasteiger partial charge in [-0.05, 0) is 24.4 Å². The van der Waals surface area contributed by atoms with Crippen LogP contribution in [0.25, 0.3) is 0 Å². The lowest BCUT2D eigenvalue weighted by atomic mass is 10.1. The average molecular weight is 193 g/mol. The minimum atomic E-state index is -0.221. The largest absolute Gasteiger partial charge is 0.426 e. The van der Waals surface area contributed by atoms with Crippen molar-refractivity contribution in [1.29, 1.82) is 0 Å². The van der Waals surface area contributed by atoms with Crippen LogP contribution in [0.15, 0.2) is 24.3 Å². The normalized spacial score (nSPS) is 10.2. The Morgan fingerprint density at radius 1 is 1.31 bits per heavy atom. The highest BCUT2D eigenvalue weighted by Crippen LogP contribution is 2.07. The van der Waals surface area contributed by atoms with Gasteiger partial charge in [-0.25, -0.2) is 4.39 Å². The lowest BCUT2D eigenvalue weighted by molar-refractivity contribution is 0.627. The van der Waals surface area contributed by atoms with Gasteiger partial charge in [-0.3, -0.25) is 4.37 Å². The molecule has 4 heteroatoms. The summed E-state index contributed by atoms with van der Waals surface area (Å²) in [4.78, 5) is 3.92. The number of halogens is 1. The number of nitrogens with zero attached hydrogens (tertiary/aromatic N) is 2. The Kier molecular flexibility index (Phi) is 2.31. The second kappa shape index (κ2) is 3.62. The molecule has 66 valence electrons. The standard InChI is InChI=1S/C9H6FN2S/c10-8-3-1-7(2-4-8)5-9-11-6-13-12-9/h1-4H,5H2/q-1. The fraction of sp³-hybridized carbons (Fsp3) is 0.111. The summed E-state index contributed by atoms with van der Waals surface area (Å²) in [5, 5.41) is 0. The SMILES string of the molecule is Fc1ccc(Cc2n[c-]sn2)cc1. The van der Waals surface area contributed by atoms with Gasteiger partial charge in [0.1, 0.15) is 5.82 Å². The molecule has 0 fully saturated rings. The Labute approximate surface area is 79.2 Å². The molecule has 0 bridgehead atoms.